The van der Waals surface area contributed by atoms with Gasteiger partial charge in [-0.25, -0.2) is 9.97 Å². The van der Waals surface area contributed by atoms with Crippen LogP contribution in [0.4, 0.5) is 5.95 Å². The third-order valence-electron chi connectivity index (χ3n) is 8.34. The molecule has 4 heterocycles. The van der Waals surface area contributed by atoms with Crippen molar-refractivity contribution in [2.45, 2.75) is 44.4 Å². The van der Waals surface area contributed by atoms with Crippen molar-refractivity contribution < 1.29 is 14.3 Å². The maximum absolute atomic E-state index is 13.3. The van der Waals surface area contributed by atoms with Gasteiger partial charge in [0.1, 0.15) is 12.4 Å². The number of amides is 2. The monoisotopic (exact) mass is 520 g/mol. The van der Waals surface area contributed by atoms with Crippen LogP contribution in [0.1, 0.15) is 49.3 Å². The number of nitrogens with one attached hydrogen (secondary N) is 1. The van der Waals surface area contributed by atoms with Gasteiger partial charge >= 0.3 is 0 Å². The molecule has 2 amide bonds. The fourth-order valence-corrected chi connectivity index (χ4v) is 5.84. The van der Waals surface area contributed by atoms with Crippen LogP contribution in [0.3, 0.4) is 0 Å². The number of fused-ring (bicyclic) bond motifs is 1. The Morgan fingerprint density at radius 3 is 2.71 bits per heavy atom. The third kappa shape index (κ3) is 5.93. The molecule has 38 heavy (non-hydrogen) atoms. The smallest absolute Gasteiger partial charge is 0.236 e. The molecule has 2 aromatic rings. The Balaban J connectivity index is 1.11. The molecule has 3 aliphatic rings. The highest BCUT2D eigenvalue weighted by Crippen LogP contribution is 2.38. The number of rotatable bonds is 4. The number of para-hydroxylation sites is 1. The Labute approximate surface area is 225 Å². The van der Waals surface area contributed by atoms with E-state index in [1.807, 2.05) is 42.1 Å². The number of aryl methyl sites for hydroxylation is 1. The topological polar surface area (TPSA) is 90.9 Å². The normalized spacial score (nSPS) is 20.8. The first-order chi connectivity index (χ1) is 18.4. The van der Waals surface area contributed by atoms with Crippen molar-refractivity contribution in [1.82, 2.24) is 25.1 Å². The van der Waals surface area contributed by atoms with E-state index in [1.54, 1.807) is 6.20 Å². The predicted molar refractivity (Wildman–Crippen MR) is 146 cm³/mol. The van der Waals surface area contributed by atoms with Crippen molar-refractivity contribution in [3.05, 3.63) is 47.8 Å². The molecule has 9 heteroatoms. The van der Waals surface area contributed by atoms with Gasteiger partial charge in [0.05, 0.1) is 24.2 Å². The fraction of sp³-hybridized carbons (Fsp3) is 0.586. The number of carbonyl (C=O) groups excluding carboxylic acids is 2. The minimum absolute atomic E-state index is 0.147. The summed E-state index contributed by atoms with van der Waals surface area (Å²) in [5.74, 6) is 2.20. The van der Waals surface area contributed by atoms with E-state index in [0.29, 0.717) is 38.7 Å². The Bertz CT molecular complexity index is 1120. The van der Waals surface area contributed by atoms with Gasteiger partial charge in [-0.3, -0.25) is 14.5 Å². The molecule has 0 unspecified atom stereocenters. The summed E-state index contributed by atoms with van der Waals surface area (Å²) in [6, 6.07) is 10.2. The zero-order valence-corrected chi connectivity index (χ0v) is 22.7. The maximum atomic E-state index is 13.3. The van der Waals surface area contributed by atoms with E-state index in [9.17, 15) is 9.59 Å². The van der Waals surface area contributed by atoms with Crippen LogP contribution in [0.2, 0.25) is 0 Å². The fourth-order valence-electron chi connectivity index (χ4n) is 5.84. The van der Waals surface area contributed by atoms with Gasteiger partial charge in [-0.15, -0.1) is 0 Å². The van der Waals surface area contributed by atoms with E-state index in [2.05, 4.69) is 32.3 Å². The molecule has 0 saturated carbocycles. The van der Waals surface area contributed by atoms with Crippen LogP contribution < -0.4 is 15.0 Å². The summed E-state index contributed by atoms with van der Waals surface area (Å²) in [4.78, 5) is 41.2. The first-order valence-corrected chi connectivity index (χ1v) is 13.9. The van der Waals surface area contributed by atoms with Gasteiger partial charge in [0, 0.05) is 39.3 Å². The summed E-state index contributed by atoms with van der Waals surface area (Å²) in [5.41, 5.74) is 1.89. The first-order valence-electron chi connectivity index (χ1n) is 13.9. The molecular formula is C29H40N6O3. The quantitative estimate of drug-likeness (QED) is 0.662. The van der Waals surface area contributed by atoms with E-state index in [4.69, 9.17) is 4.74 Å². The van der Waals surface area contributed by atoms with Gasteiger partial charge in [0.15, 0.2) is 0 Å². The number of hydrogen-bond acceptors (Lipinski definition) is 7. The number of benzene rings is 1. The van der Waals surface area contributed by atoms with Crippen LogP contribution in [-0.2, 0) is 16.0 Å². The van der Waals surface area contributed by atoms with Gasteiger partial charge in [-0.2, -0.15) is 0 Å². The highest BCUT2D eigenvalue weighted by molar-refractivity contribution is 5.83. The standard InChI is InChI=1S/C29H40N6O3/c1-33(2)28-31-14-10-24(32-28)23-19-35(20-23)26(36)21-34-16-12-29(13-17-34)11-6-5-8-22-7-3-4-9-25(22)38-18-15-30-27(29)37/h3-4,7,9-10,14,23H,5-6,8,11-13,15-21H2,1-2H3,(H,30,37). The van der Waals surface area contributed by atoms with Crippen molar-refractivity contribution in [3.8, 4) is 5.75 Å². The Hall–Kier alpha value is -3.20. The molecule has 1 aromatic heterocycles. The highest BCUT2D eigenvalue weighted by atomic mass is 16.5. The summed E-state index contributed by atoms with van der Waals surface area (Å²) < 4.78 is 5.96. The van der Waals surface area contributed by atoms with Crippen molar-refractivity contribution in [2.75, 3.05) is 64.9 Å². The Morgan fingerprint density at radius 2 is 1.92 bits per heavy atom. The van der Waals surface area contributed by atoms with Crippen molar-refractivity contribution in [2.24, 2.45) is 5.41 Å². The van der Waals surface area contributed by atoms with Gasteiger partial charge < -0.3 is 19.9 Å². The molecule has 9 nitrogen and oxygen atoms in total. The SMILES string of the molecule is CN(C)c1nccc(C2CN(C(=O)CN3CCC4(CCCCc5ccccc5OCCNC4=O)CC3)C2)n1. The molecular weight excluding hydrogens is 480 g/mol. The second kappa shape index (κ2) is 11.7. The Kier molecular flexibility index (Phi) is 8.12. The van der Waals surface area contributed by atoms with E-state index in [1.165, 1.54) is 5.56 Å². The van der Waals surface area contributed by atoms with E-state index in [-0.39, 0.29) is 23.1 Å². The van der Waals surface area contributed by atoms with Gasteiger partial charge in [-0.1, -0.05) is 24.6 Å². The lowest BCUT2D eigenvalue weighted by molar-refractivity contribution is -0.139. The molecule has 5 rings (SSSR count). The number of hydrogen-bond donors (Lipinski definition) is 1. The molecule has 0 aliphatic carbocycles. The average molecular weight is 521 g/mol. The van der Waals surface area contributed by atoms with Crippen LogP contribution in [0, 0.1) is 5.41 Å². The molecule has 1 N–H and O–H groups in total. The molecule has 3 aliphatic heterocycles. The number of aromatic nitrogens is 2. The molecule has 2 saturated heterocycles. The largest absolute Gasteiger partial charge is 0.491 e. The number of nitrogens with zero attached hydrogens (tertiary/aromatic N) is 5. The van der Waals surface area contributed by atoms with Crippen molar-refractivity contribution in [1.29, 1.82) is 0 Å². The minimum Gasteiger partial charge on any atom is -0.491 e. The van der Waals surface area contributed by atoms with Crippen LogP contribution in [0.5, 0.6) is 5.75 Å². The van der Waals surface area contributed by atoms with Crippen LogP contribution in [0.25, 0.3) is 0 Å². The second-order valence-corrected chi connectivity index (χ2v) is 11.1. The number of likely N-dealkylation sites (tertiary alicyclic amines) is 2. The number of carbonyl (C=O) groups is 2. The third-order valence-corrected chi connectivity index (χ3v) is 8.34. The van der Waals surface area contributed by atoms with Gasteiger partial charge in [-0.05, 0) is 62.9 Å². The van der Waals surface area contributed by atoms with E-state index < -0.39 is 0 Å². The molecule has 2 fully saturated rings. The van der Waals surface area contributed by atoms with Crippen molar-refractivity contribution >= 4 is 17.8 Å². The molecule has 0 bridgehead atoms. The van der Waals surface area contributed by atoms with Crippen molar-refractivity contribution in [3.63, 3.8) is 0 Å². The Morgan fingerprint density at radius 1 is 1.13 bits per heavy atom. The zero-order chi connectivity index (χ0) is 26.5. The van der Waals surface area contributed by atoms with Crippen LogP contribution in [-0.4, -0.2) is 91.6 Å². The minimum atomic E-state index is -0.350. The zero-order valence-electron chi connectivity index (χ0n) is 22.7. The van der Waals surface area contributed by atoms with Gasteiger partial charge in [0.2, 0.25) is 17.8 Å². The van der Waals surface area contributed by atoms with E-state index in [0.717, 1.165) is 63.1 Å². The average Bonchev–Trinajstić information content (AvgIpc) is 2.89. The summed E-state index contributed by atoms with van der Waals surface area (Å²) >= 11 is 0. The van der Waals surface area contributed by atoms with Crippen LogP contribution in [0.15, 0.2) is 36.5 Å². The highest BCUT2D eigenvalue weighted by Gasteiger charge is 2.41. The summed E-state index contributed by atoms with van der Waals surface area (Å²) in [6.45, 7) is 4.35. The molecule has 0 radical (unpaired) electrons. The predicted octanol–water partition coefficient (Wildman–Crippen LogP) is 2.47. The lowest BCUT2D eigenvalue weighted by Gasteiger charge is -2.43. The van der Waals surface area contributed by atoms with Gasteiger partial charge in [0.25, 0.3) is 0 Å². The number of ether oxygens (including phenoxy) is 1. The molecule has 1 spiro atoms. The lowest BCUT2D eigenvalue weighted by Crippen LogP contribution is -2.54. The number of anilines is 1. The maximum Gasteiger partial charge on any atom is 0.236 e. The molecule has 0 atom stereocenters. The number of piperidine rings is 1. The second-order valence-electron chi connectivity index (χ2n) is 11.1. The summed E-state index contributed by atoms with van der Waals surface area (Å²) in [7, 11) is 3.86. The first kappa shape index (κ1) is 26.4. The molecule has 204 valence electrons. The lowest BCUT2D eigenvalue weighted by atomic mass is 9.73. The molecule has 1 aromatic carbocycles. The van der Waals surface area contributed by atoms with E-state index >= 15 is 0 Å². The summed E-state index contributed by atoms with van der Waals surface area (Å²) in [5, 5.41) is 3.14. The van der Waals surface area contributed by atoms with Crippen LogP contribution >= 0.6 is 0 Å². The summed E-state index contributed by atoms with van der Waals surface area (Å²) in [6.07, 6.45) is 7.28.